The molecule has 2 rings (SSSR count). The summed E-state index contributed by atoms with van der Waals surface area (Å²) < 4.78 is 0. The highest BCUT2D eigenvalue weighted by atomic mass is 16.5. The van der Waals surface area contributed by atoms with Gasteiger partial charge >= 0.3 is 5.91 Å². The van der Waals surface area contributed by atoms with Gasteiger partial charge in [0.2, 0.25) is 0 Å². The summed E-state index contributed by atoms with van der Waals surface area (Å²) in [5.41, 5.74) is 0.263. The van der Waals surface area contributed by atoms with E-state index < -0.39 is 0 Å². The predicted molar refractivity (Wildman–Crippen MR) is 52.4 cm³/mol. The average molecular weight is 198 g/mol. The third kappa shape index (κ3) is 1.21. The van der Waals surface area contributed by atoms with Crippen molar-refractivity contribution in [2.75, 3.05) is 13.1 Å². The van der Waals surface area contributed by atoms with Crippen LogP contribution in [0.25, 0.3) is 0 Å². The Bertz CT molecular complexity index is 265. The zero-order valence-electron chi connectivity index (χ0n) is 8.96. The summed E-state index contributed by atoms with van der Waals surface area (Å²) in [5.74, 6) is 0.789. The number of nitrogens with one attached hydrogen (secondary N) is 2. The van der Waals surface area contributed by atoms with E-state index in [0.717, 1.165) is 6.54 Å². The van der Waals surface area contributed by atoms with Crippen LogP contribution >= 0.6 is 0 Å². The largest absolute Gasteiger partial charge is 0.627 e. The van der Waals surface area contributed by atoms with Gasteiger partial charge in [0.1, 0.15) is 6.04 Å². The van der Waals surface area contributed by atoms with Gasteiger partial charge in [-0.05, 0) is 30.7 Å². The quantitative estimate of drug-likeness (QED) is 0.569. The molecular weight excluding hydrogens is 180 g/mol. The van der Waals surface area contributed by atoms with Gasteiger partial charge in [-0.25, -0.2) is 4.79 Å². The van der Waals surface area contributed by atoms with Crippen LogP contribution in [0, 0.1) is 22.5 Å². The van der Waals surface area contributed by atoms with Gasteiger partial charge in [-0.3, -0.25) is 0 Å². The van der Waals surface area contributed by atoms with Gasteiger partial charge in [-0.15, -0.1) is 0 Å². The molecule has 1 unspecified atom stereocenters. The highest BCUT2D eigenvalue weighted by molar-refractivity contribution is 5.75. The molecule has 0 aromatic heterocycles. The van der Waals surface area contributed by atoms with Crippen LogP contribution in [0.15, 0.2) is 0 Å². The molecule has 0 aromatic carbocycles. The molecule has 4 heteroatoms. The van der Waals surface area contributed by atoms with E-state index in [1.165, 1.54) is 0 Å². The van der Waals surface area contributed by atoms with E-state index in [9.17, 15) is 10.0 Å². The van der Waals surface area contributed by atoms with Crippen LogP contribution in [0.1, 0.15) is 20.8 Å². The molecule has 2 aliphatic rings. The third-order valence-corrected chi connectivity index (χ3v) is 3.93. The molecule has 1 amide bonds. The van der Waals surface area contributed by atoms with Crippen LogP contribution in [0.3, 0.4) is 0 Å². The minimum atomic E-state index is -0.231. The molecule has 80 valence electrons. The molecule has 0 spiro atoms. The maximum absolute atomic E-state index is 11.7. The number of likely N-dealkylation sites (N-methyl/N-ethyl adjacent to an activating group) is 1. The first kappa shape index (κ1) is 10.1. The van der Waals surface area contributed by atoms with E-state index in [4.69, 9.17) is 0 Å². The van der Waals surface area contributed by atoms with Crippen molar-refractivity contribution < 1.29 is 9.86 Å². The lowest BCUT2D eigenvalue weighted by atomic mass is 10.0. The summed E-state index contributed by atoms with van der Waals surface area (Å²) in [5, 5.41) is 14.2. The third-order valence-electron chi connectivity index (χ3n) is 3.93. The summed E-state index contributed by atoms with van der Waals surface area (Å²) >= 11 is 0. The molecule has 0 bridgehead atoms. The van der Waals surface area contributed by atoms with E-state index in [0.29, 0.717) is 18.4 Å². The Morgan fingerprint density at radius 3 is 2.71 bits per heavy atom. The van der Waals surface area contributed by atoms with Crippen molar-refractivity contribution in [2.24, 2.45) is 17.3 Å². The molecule has 1 saturated heterocycles. The summed E-state index contributed by atoms with van der Waals surface area (Å²) in [6.45, 7) is 7.32. The molecule has 1 aliphatic carbocycles. The number of hydroxylamine groups is 2. The maximum atomic E-state index is 11.7. The summed E-state index contributed by atoms with van der Waals surface area (Å²) in [4.78, 5) is 11.7. The van der Waals surface area contributed by atoms with Gasteiger partial charge in [0.25, 0.3) is 0 Å². The molecule has 1 aliphatic heterocycles. The van der Waals surface area contributed by atoms with Crippen molar-refractivity contribution in [1.29, 1.82) is 0 Å². The number of hydrogen-bond donors (Lipinski definition) is 2. The Kier molecular flexibility index (Phi) is 2.17. The Morgan fingerprint density at radius 1 is 1.64 bits per heavy atom. The lowest BCUT2D eigenvalue weighted by Gasteiger charge is -2.24. The summed E-state index contributed by atoms with van der Waals surface area (Å²) in [6.07, 6.45) is 0. The minimum absolute atomic E-state index is 0.192. The Labute approximate surface area is 84.2 Å². The van der Waals surface area contributed by atoms with E-state index in [-0.39, 0.29) is 22.4 Å². The molecular formula is C10H18N2O2. The molecule has 0 aromatic rings. The van der Waals surface area contributed by atoms with Gasteiger partial charge in [-0.2, -0.15) is 0 Å². The van der Waals surface area contributed by atoms with Crippen LogP contribution < -0.4 is 10.4 Å². The van der Waals surface area contributed by atoms with Crippen molar-refractivity contribution in [3.05, 3.63) is 5.21 Å². The fourth-order valence-electron chi connectivity index (χ4n) is 2.82. The number of quaternary nitrogens is 1. The van der Waals surface area contributed by atoms with Gasteiger partial charge in [0, 0.05) is 0 Å². The van der Waals surface area contributed by atoms with E-state index in [1.54, 1.807) is 6.92 Å². The van der Waals surface area contributed by atoms with E-state index >= 15 is 0 Å². The standard InChI is InChI=1S/C10H18N2O2/c1-4-12(14)9(13)8-7-6(5-11-8)10(7,2)3/h6-8,11-12H,4-5H2,1-3H3/t6-,7-,8-/m0/s1. The van der Waals surface area contributed by atoms with Crippen LogP contribution in [0.5, 0.6) is 0 Å². The Balaban J connectivity index is 2.04. The van der Waals surface area contributed by atoms with Crippen molar-refractivity contribution in [3.8, 4) is 0 Å². The first-order valence-electron chi connectivity index (χ1n) is 5.30. The number of carbonyl (C=O) groups excluding carboxylic acids is 1. The number of rotatable bonds is 2. The number of piperidine rings is 1. The molecule has 4 atom stereocenters. The van der Waals surface area contributed by atoms with Gasteiger partial charge in [-0.1, -0.05) is 13.8 Å². The molecule has 2 fully saturated rings. The zero-order valence-corrected chi connectivity index (χ0v) is 8.96. The van der Waals surface area contributed by atoms with Crippen LogP contribution in [-0.2, 0) is 4.79 Å². The number of hydrogen-bond acceptors (Lipinski definition) is 3. The lowest BCUT2D eigenvalue weighted by molar-refractivity contribution is -0.763. The lowest BCUT2D eigenvalue weighted by Crippen LogP contribution is -3.11. The second-order valence-corrected chi connectivity index (χ2v) is 4.98. The summed E-state index contributed by atoms with van der Waals surface area (Å²) in [7, 11) is 0. The fraction of sp³-hybridized carbons (Fsp3) is 0.900. The fourth-order valence-corrected chi connectivity index (χ4v) is 2.82. The molecule has 1 heterocycles. The first-order valence-corrected chi connectivity index (χ1v) is 5.30. The molecule has 4 nitrogen and oxygen atoms in total. The van der Waals surface area contributed by atoms with Crippen molar-refractivity contribution >= 4 is 5.91 Å². The molecule has 0 radical (unpaired) electrons. The smallest absolute Gasteiger partial charge is 0.329 e. The predicted octanol–water partition coefficient (Wildman–Crippen LogP) is -0.840. The minimum Gasteiger partial charge on any atom is -0.627 e. The average Bonchev–Trinajstić information content (AvgIpc) is 2.54. The first-order chi connectivity index (χ1) is 6.50. The van der Waals surface area contributed by atoms with Crippen molar-refractivity contribution in [2.45, 2.75) is 26.8 Å². The number of amides is 1. The maximum Gasteiger partial charge on any atom is 0.329 e. The van der Waals surface area contributed by atoms with Crippen molar-refractivity contribution in [1.82, 2.24) is 5.32 Å². The highest BCUT2D eigenvalue weighted by Crippen LogP contribution is 2.62. The van der Waals surface area contributed by atoms with Crippen LogP contribution in [0.2, 0.25) is 0 Å². The van der Waals surface area contributed by atoms with E-state index in [2.05, 4.69) is 19.2 Å². The highest BCUT2D eigenvalue weighted by Gasteiger charge is 2.66. The zero-order chi connectivity index (χ0) is 10.5. The Morgan fingerprint density at radius 2 is 2.29 bits per heavy atom. The SMILES string of the molecule is CC[NH+]([O-])C(=O)[C@H]1NC[C@H]2[C@@H]1C2(C)C. The Hall–Kier alpha value is -0.450. The molecule has 14 heavy (non-hydrogen) atoms. The van der Waals surface area contributed by atoms with Gasteiger partial charge < -0.3 is 15.6 Å². The second kappa shape index (κ2) is 3.02. The number of carbonyl (C=O) groups is 1. The van der Waals surface area contributed by atoms with E-state index in [1.807, 2.05) is 0 Å². The van der Waals surface area contributed by atoms with Gasteiger partial charge in [0.15, 0.2) is 0 Å². The monoisotopic (exact) mass is 198 g/mol. The van der Waals surface area contributed by atoms with Crippen LogP contribution in [-0.4, -0.2) is 25.0 Å². The normalized spacial score (nSPS) is 40.4. The second-order valence-electron chi connectivity index (χ2n) is 4.98. The van der Waals surface area contributed by atoms with Crippen molar-refractivity contribution in [3.63, 3.8) is 0 Å². The molecule has 1 saturated carbocycles. The van der Waals surface area contributed by atoms with Gasteiger partial charge in [0.05, 0.1) is 6.54 Å². The molecule has 2 N–H and O–H groups in total. The topological polar surface area (TPSA) is 56.6 Å². The summed E-state index contributed by atoms with van der Waals surface area (Å²) in [6, 6.07) is -0.192. The van der Waals surface area contributed by atoms with Crippen LogP contribution in [0.4, 0.5) is 0 Å². The number of fused-ring (bicyclic) bond motifs is 1.